The zero-order valence-electron chi connectivity index (χ0n) is 19.7. The minimum Gasteiger partial charge on any atom is -0.383 e. The van der Waals surface area contributed by atoms with Crippen LogP contribution in [-0.2, 0) is 17.8 Å². The molecule has 7 nitrogen and oxygen atoms in total. The third-order valence-electron chi connectivity index (χ3n) is 6.65. The number of nitrogen functional groups attached to an aromatic ring is 1. The molecule has 0 aliphatic heterocycles. The molecule has 0 atom stereocenters. The van der Waals surface area contributed by atoms with E-state index in [9.17, 15) is 31.1 Å². The monoisotopic (exact) mass is 526 g/mol. The van der Waals surface area contributed by atoms with Crippen LogP contribution in [0.1, 0.15) is 64.8 Å². The van der Waals surface area contributed by atoms with Gasteiger partial charge < -0.3 is 11.1 Å². The Morgan fingerprint density at radius 2 is 1.70 bits per heavy atom. The largest absolute Gasteiger partial charge is 0.435 e. The standard InChI is InChI=1S/C24H24F6N6O/c1-14-11-32-21(34-19(14)31)36-12-17(18(35-36)24(28,29)30)20(37)33-13-22(9-3-2-4-10-22)15-5-7-16(8-6-15)23(25,26)27/h5-8,11-12H,2-4,9-10,13H2,1H3,(H,33,37)(H2,31,32,34). The maximum Gasteiger partial charge on any atom is 0.435 e. The molecule has 0 spiro atoms. The number of nitrogens with one attached hydrogen (secondary N) is 1. The summed E-state index contributed by atoms with van der Waals surface area (Å²) in [6.45, 7) is 1.58. The summed E-state index contributed by atoms with van der Waals surface area (Å²) in [6, 6.07) is 4.70. The van der Waals surface area contributed by atoms with Gasteiger partial charge in [-0.05, 0) is 37.5 Å². The maximum atomic E-state index is 13.7. The van der Waals surface area contributed by atoms with E-state index in [-0.39, 0.29) is 18.3 Å². The number of nitrogens with two attached hydrogens (primary N) is 1. The molecule has 198 valence electrons. The quantitative estimate of drug-likeness (QED) is 0.444. The number of amides is 1. The second kappa shape index (κ2) is 9.67. The highest BCUT2D eigenvalue weighted by molar-refractivity contribution is 5.95. The number of carbonyl (C=O) groups excluding carboxylic acids is 1. The number of nitrogens with zero attached hydrogens (tertiary/aromatic N) is 4. The van der Waals surface area contributed by atoms with Gasteiger partial charge in [0, 0.05) is 29.9 Å². The predicted molar refractivity (Wildman–Crippen MR) is 122 cm³/mol. The Kier molecular flexibility index (Phi) is 6.91. The van der Waals surface area contributed by atoms with Crippen molar-refractivity contribution >= 4 is 11.7 Å². The van der Waals surface area contributed by atoms with E-state index in [0.29, 0.717) is 24.0 Å². The number of halogens is 6. The van der Waals surface area contributed by atoms with Gasteiger partial charge in [-0.2, -0.15) is 36.4 Å². The molecule has 37 heavy (non-hydrogen) atoms. The van der Waals surface area contributed by atoms with Crippen LogP contribution in [0.2, 0.25) is 0 Å². The Morgan fingerprint density at radius 3 is 2.27 bits per heavy atom. The molecule has 4 rings (SSSR count). The van der Waals surface area contributed by atoms with Crippen molar-refractivity contribution in [2.24, 2.45) is 0 Å². The van der Waals surface area contributed by atoms with E-state index in [1.807, 2.05) is 0 Å². The summed E-state index contributed by atoms with van der Waals surface area (Å²) in [5.74, 6) is -1.20. The summed E-state index contributed by atoms with van der Waals surface area (Å²) < 4.78 is 81.0. The van der Waals surface area contributed by atoms with Crippen LogP contribution in [0.15, 0.2) is 36.7 Å². The first kappa shape index (κ1) is 26.4. The Hall–Kier alpha value is -3.64. The van der Waals surface area contributed by atoms with Crippen LogP contribution in [-0.4, -0.2) is 32.2 Å². The third kappa shape index (κ3) is 5.54. The van der Waals surface area contributed by atoms with Gasteiger partial charge in [-0.3, -0.25) is 4.79 Å². The van der Waals surface area contributed by atoms with Crippen molar-refractivity contribution in [2.75, 3.05) is 12.3 Å². The summed E-state index contributed by atoms with van der Waals surface area (Å²) in [6.07, 6.45) is -3.63. The van der Waals surface area contributed by atoms with E-state index in [0.717, 1.165) is 42.3 Å². The Bertz CT molecular complexity index is 1280. The van der Waals surface area contributed by atoms with Crippen molar-refractivity contribution in [1.29, 1.82) is 0 Å². The number of hydrogen-bond acceptors (Lipinski definition) is 5. The average Bonchev–Trinajstić information content (AvgIpc) is 3.31. The summed E-state index contributed by atoms with van der Waals surface area (Å²) in [4.78, 5) is 20.9. The molecule has 3 N–H and O–H groups in total. The number of aryl methyl sites for hydroxylation is 1. The topological polar surface area (TPSA) is 98.7 Å². The number of rotatable bonds is 5. The van der Waals surface area contributed by atoms with E-state index in [1.54, 1.807) is 6.92 Å². The molecule has 1 amide bonds. The number of anilines is 1. The average molecular weight is 526 g/mol. The molecule has 1 aliphatic rings. The van der Waals surface area contributed by atoms with Gasteiger partial charge in [-0.15, -0.1) is 0 Å². The molecule has 0 radical (unpaired) electrons. The molecule has 13 heteroatoms. The van der Waals surface area contributed by atoms with Gasteiger partial charge in [-0.1, -0.05) is 31.4 Å². The van der Waals surface area contributed by atoms with Crippen LogP contribution in [0.4, 0.5) is 32.2 Å². The number of hydrogen-bond donors (Lipinski definition) is 2. The number of aromatic nitrogens is 4. The van der Waals surface area contributed by atoms with Gasteiger partial charge in [0.2, 0.25) is 0 Å². The molecule has 1 aliphatic carbocycles. The lowest BCUT2D eigenvalue weighted by molar-refractivity contribution is -0.141. The lowest BCUT2D eigenvalue weighted by atomic mass is 9.69. The van der Waals surface area contributed by atoms with Gasteiger partial charge in [0.05, 0.1) is 11.1 Å². The second-order valence-corrected chi connectivity index (χ2v) is 9.17. The lowest BCUT2D eigenvalue weighted by Gasteiger charge is -2.38. The van der Waals surface area contributed by atoms with Crippen LogP contribution in [0.3, 0.4) is 0 Å². The van der Waals surface area contributed by atoms with Crippen LogP contribution < -0.4 is 11.1 Å². The summed E-state index contributed by atoms with van der Waals surface area (Å²) in [5, 5.41) is 6.06. The first-order valence-electron chi connectivity index (χ1n) is 11.5. The predicted octanol–water partition coefficient (Wildman–Crippen LogP) is 5.22. The number of carbonyl (C=O) groups is 1. The summed E-state index contributed by atoms with van der Waals surface area (Å²) >= 11 is 0. The van der Waals surface area contributed by atoms with E-state index in [1.165, 1.54) is 18.3 Å². The molecular weight excluding hydrogens is 502 g/mol. The van der Waals surface area contributed by atoms with Gasteiger partial charge in [0.25, 0.3) is 11.9 Å². The molecule has 2 aromatic heterocycles. The van der Waals surface area contributed by atoms with Gasteiger partial charge in [0.15, 0.2) is 5.69 Å². The smallest absolute Gasteiger partial charge is 0.383 e. The highest BCUT2D eigenvalue weighted by Crippen LogP contribution is 2.40. The molecule has 3 aromatic rings. The minimum absolute atomic E-state index is 0.0480. The second-order valence-electron chi connectivity index (χ2n) is 9.17. The zero-order chi connectivity index (χ0) is 27.0. The Balaban J connectivity index is 1.62. The fourth-order valence-electron chi connectivity index (χ4n) is 4.56. The van der Waals surface area contributed by atoms with E-state index in [2.05, 4.69) is 20.4 Å². The van der Waals surface area contributed by atoms with E-state index >= 15 is 0 Å². The first-order chi connectivity index (χ1) is 17.3. The van der Waals surface area contributed by atoms with Crippen molar-refractivity contribution in [3.8, 4) is 5.95 Å². The first-order valence-corrected chi connectivity index (χ1v) is 11.5. The van der Waals surface area contributed by atoms with Crippen molar-refractivity contribution in [2.45, 2.75) is 56.8 Å². The Morgan fingerprint density at radius 1 is 1.05 bits per heavy atom. The molecule has 1 aromatic carbocycles. The maximum absolute atomic E-state index is 13.7. The molecule has 1 fully saturated rings. The fourth-order valence-corrected chi connectivity index (χ4v) is 4.56. The Labute approximate surface area is 208 Å². The SMILES string of the molecule is Cc1cnc(-n2cc(C(=O)NCC3(c4ccc(C(F)(F)F)cc4)CCCCC3)c(C(F)(F)F)n2)nc1N. The highest BCUT2D eigenvalue weighted by atomic mass is 19.4. The minimum atomic E-state index is -4.94. The van der Waals surface area contributed by atoms with Crippen molar-refractivity contribution in [1.82, 2.24) is 25.1 Å². The van der Waals surface area contributed by atoms with Crippen LogP contribution in [0, 0.1) is 6.92 Å². The van der Waals surface area contributed by atoms with E-state index < -0.39 is 40.5 Å². The normalized spacial score (nSPS) is 16.0. The number of benzene rings is 1. The molecule has 0 unspecified atom stereocenters. The summed E-state index contributed by atoms with van der Waals surface area (Å²) in [7, 11) is 0. The van der Waals surface area contributed by atoms with Crippen LogP contribution >= 0.6 is 0 Å². The van der Waals surface area contributed by atoms with Crippen molar-refractivity contribution < 1.29 is 31.1 Å². The molecule has 0 bridgehead atoms. The van der Waals surface area contributed by atoms with Gasteiger partial charge >= 0.3 is 12.4 Å². The summed E-state index contributed by atoms with van der Waals surface area (Å²) in [5.41, 5.74) is 3.19. The van der Waals surface area contributed by atoms with Crippen molar-refractivity contribution in [3.63, 3.8) is 0 Å². The van der Waals surface area contributed by atoms with Crippen LogP contribution in [0.5, 0.6) is 0 Å². The molecular formula is C24H24F6N6O. The molecule has 2 heterocycles. The third-order valence-corrected chi connectivity index (χ3v) is 6.65. The molecule has 0 saturated heterocycles. The highest BCUT2D eigenvalue weighted by Gasteiger charge is 2.41. The van der Waals surface area contributed by atoms with Crippen LogP contribution in [0.25, 0.3) is 5.95 Å². The van der Waals surface area contributed by atoms with E-state index in [4.69, 9.17) is 5.73 Å². The zero-order valence-corrected chi connectivity index (χ0v) is 19.7. The van der Waals surface area contributed by atoms with Gasteiger partial charge in [-0.25, -0.2) is 9.67 Å². The van der Waals surface area contributed by atoms with Crippen molar-refractivity contribution in [3.05, 3.63) is 64.6 Å². The number of alkyl halides is 6. The lowest BCUT2D eigenvalue weighted by Crippen LogP contribution is -2.42. The molecule has 1 saturated carbocycles. The van der Waals surface area contributed by atoms with Gasteiger partial charge in [0.1, 0.15) is 5.82 Å². The fraction of sp³-hybridized carbons (Fsp3) is 0.417.